The summed E-state index contributed by atoms with van der Waals surface area (Å²) in [4.78, 5) is 0. The highest BCUT2D eigenvalue weighted by atomic mass is 14.2. The SMILES string of the molecule is CC1=C(C)C(C)C=CC1C. The third kappa shape index (κ3) is 1.16. The summed E-state index contributed by atoms with van der Waals surface area (Å²) in [6, 6.07) is 0. The number of hydrogen-bond donors (Lipinski definition) is 0. The molecule has 0 saturated carbocycles. The lowest BCUT2D eigenvalue weighted by molar-refractivity contribution is 0.729. The second-order valence-electron chi connectivity index (χ2n) is 3.33. The van der Waals surface area contributed by atoms with Gasteiger partial charge in [-0.3, -0.25) is 0 Å². The first-order valence-corrected chi connectivity index (χ1v) is 3.98. The summed E-state index contributed by atoms with van der Waals surface area (Å²) in [7, 11) is 0. The van der Waals surface area contributed by atoms with Crippen LogP contribution in [0.3, 0.4) is 0 Å². The second kappa shape index (κ2) is 2.61. The lowest BCUT2D eigenvalue weighted by Gasteiger charge is -2.21. The fourth-order valence-electron chi connectivity index (χ4n) is 1.34. The smallest absolute Gasteiger partial charge is 0.00514 e. The molecule has 0 nitrogen and oxygen atoms in total. The Bertz CT molecular complexity index is 164. The molecule has 0 amide bonds. The molecule has 0 radical (unpaired) electrons. The molecule has 0 aromatic rings. The first-order chi connectivity index (χ1) is 4.63. The maximum atomic E-state index is 2.30. The van der Waals surface area contributed by atoms with Crippen molar-refractivity contribution in [2.45, 2.75) is 27.7 Å². The van der Waals surface area contributed by atoms with Crippen molar-refractivity contribution >= 4 is 0 Å². The van der Waals surface area contributed by atoms with Gasteiger partial charge in [0.2, 0.25) is 0 Å². The summed E-state index contributed by atoms with van der Waals surface area (Å²) >= 11 is 0. The zero-order valence-corrected chi connectivity index (χ0v) is 7.31. The molecule has 0 heterocycles. The summed E-state index contributed by atoms with van der Waals surface area (Å²) in [6.07, 6.45) is 4.60. The Hall–Kier alpha value is -0.520. The van der Waals surface area contributed by atoms with Crippen molar-refractivity contribution in [1.82, 2.24) is 0 Å². The molecule has 0 N–H and O–H groups in total. The highest BCUT2D eigenvalue weighted by Crippen LogP contribution is 2.27. The molecule has 10 heavy (non-hydrogen) atoms. The van der Waals surface area contributed by atoms with Crippen molar-refractivity contribution in [3.05, 3.63) is 23.3 Å². The van der Waals surface area contributed by atoms with Crippen molar-refractivity contribution in [2.24, 2.45) is 11.8 Å². The molecule has 2 unspecified atom stereocenters. The Morgan fingerprint density at radius 3 is 1.50 bits per heavy atom. The van der Waals surface area contributed by atoms with Crippen molar-refractivity contribution < 1.29 is 0 Å². The molecule has 0 saturated heterocycles. The lowest BCUT2D eigenvalue weighted by atomic mass is 9.85. The minimum absolute atomic E-state index is 0.663. The summed E-state index contributed by atoms with van der Waals surface area (Å²) < 4.78 is 0. The van der Waals surface area contributed by atoms with Crippen molar-refractivity contribution in [3.8, 4) is 0 Å². The molecule has 56 valence electrons. The normalized spacial score (nSPS) is 33.2. The first kappa shape index (κ1) is 7.59. The standard InChI is InChI=1S/C10H16/c1-7-5-6-8(2)10(4)9(7)3/h5-8H,1-4H3. The highest BCUT2D eigenvalue weighted by molar-refractivity contribution is 5.26. The van der Waals surface area contributed by atoms with Crippen LogP contribution < -0.4 is 0 Å². The van der Waals surface area contributed by atoms with Crippen LogP contribution in [0.5, 0.6) is 0 Å². The van der Waals surface area contributed by atoms with Gasteiger partial charge in [0.15, 0.2) is 0 Å². The van der Waals surface area contributed by atoms with Crippen LogP contribution in [0.1, 0.15) is 27.7 Å². The fourth-order valence-corrected chi connectivity index (χ4v) is 1.34. The molecule has 0 aromatic carbocycles. The minimum Gasteiger partial charge on any atom is -0.0810 e. The topological polar surface area (TPSA) is 0 Å². The van der Waals surface area contributed by atoms with Gasteiger partial charge in [0.25, 0.3) is 0 Å². The predicted octanol–water partition coefficient (Wildman–Crippen LogP) is 3.16. The van der Waals surface area contributed by atoms with E-state index in [1.54, 1.807) is 11.1 Å². The van der Waals surface area contributed by atoms with Crippen LogP contribution in [-0.2, 0) is 0 Å². The van der Waals surface area contributed by atoms with E-state index in [2.05, 4.69) is 39.8 Å². The van der Waals surface area contributed by atoms with Crippen LogP contribution in [0.4, 0.5) is 0 Å². The zero-order chi connectivity index (χ0) is 7.72. The quantitative estimate of drug-likeness (QED) is 0.449. The zero-order valence-electron chi connectivity index (χ0n) is 7.31. The van der Waals surface area contributed by atoms with Gasteiger partial charge in [0.1, 0.15) is 0 Å². The number of rotatable bonds is 0. The molecule has 1 rings (SSSR count). The first-order valence-electron chi connectivity index (χ1n) is 3.98. The number of allylic oxidation sites excluding steroid dienone is 4. The molecule has 1 aliphatic carbocycles. The summed E-state index contributed by atoms with van der Waals surface area (Å²) in [6.45, 7) is 8.97. The maximum Gasteiger partial charge on any atom is -0.00514 e. The van der Waals surface area contributed by atoms with Crippen LogP contribution in [0, 0.1) is 11.8 Å². The molecular formula is C10H16. The molecular weight excluding hydrogens is 120 g/mol. The molecule has 0 bridgehead atoms. The van der Waals surface area contributed by atoms with Gasteiger partial charge in [0, 0.05) is 0 Å². The van der Waals surface area contributed by atoms with Crippen molar-refractivity contribution in [3.63, 3.8) is 0 Å². The van der Waals surface area contributed by atoms with Gasteiger partial charge in [-0.25, -0.2) is 0 Å². The van der Waals surface area contributed by atoms with E-state index in [0.29, 0.717) is 11.8 Å². The van der Waals surface area contributed by atoms with E-state index in [1.807, 2.05) is 0 Å². The van der Waals surface area contributed by atoms with E-state index < -0.39 is 0 Å². The lowest BCUT2D eigenvalue weighted by Crippen LogP contribution is -2.06. The average molecular weight is 136 g/mol. The molecule has 0 heteroatoms. The number of hydrogen-bond acceptors (Lipinski definition) is 0. The van der Waals surface area contributed by atoms with E-state index in [-0.39, 0.29) is 0 Å². The Balaban J connectivity index is 2.88. The van der Waals surface area contributed by atoms with Crippen LogP contribution in [0.15, 0.2) is 23.3 Å². The van der Waals surface area contributed by atoms with Gasteiger partial charge < -0.3 is 0 Å². The van der Waals surface area contributed by atoms with E-state index in [1.165, 1.54) is 0 Å². The summed E-state index contributed by atoms with van der Waals surface area (Å²) in [5.41, 5.74) is 3.10. The third-order valence-electron chi connectivity index (χ3n) is 2.68. The summed E-state index contributed by atoms with van der Waals surface area (Å²) in [5, 5.41) is 0. The minimum atomic E-state index is 0.663. The molecule has 0 fully saturated rings. The third-order valence-corrected chi connectivity index (χ3v) is 2.68. The Morgan fingerprint density at radius 1 is 0.900 bits per heavy atom. The molecule has 2 atom stereocenters. The van der Waals surface area contributed by atoms with Gasteiger partial charge in [-0.15, -0.1) is 0 Å². The predicted molar refractivity (Wildman–Crippen MR) is 45.8 cm³/mol. The van der Waals surface area contributed by atoms with Gasteiger partial charge in [-0.1, -0.05) is 37.1 Å². The van der Waals surface area contributed by atoms with Gasteiger partial charge in [0.05, 0.1) is 0 Å². The van der Waals surface area contributed by atoms with Crippen molar-refractivity contribution in [1.29, 1.82) is 0 Å². The van der Waals surface area contributed by atoms with Crippen LogP contribution >= 0.6 is 0 Å². The summed E-state index contributed by atoms with van der Waals surface area (Å²) in [5.74, 6) is 1.33. The van der Waals surface area contributed by atoms with E-state index in [9.17, 15) is 0 Å². The highest BCUT2D eigenvalue weighted by Gasteiger charge is 2.12. The van der Waals surface area contributed by atoms with E-state index in [4.69, 9.17) is 0 Å². The molecule has 1 aliphatic rings. The second-order valence-corrected chi connectivity index (χ2v) is 3.33. The van der Waals surface area contributed by atoms with E-state index >= 15 is 0 Å². The van der Waals surface area contributed by atoms with Crippen LogP contribution in [0.2, 0.25) is 0 Å². The van der Waals surface area contributed by atoms with Crippen LogP contribution in [0.25, 0.3) is 0 Å². The Morgan fingerprint density at radius 2 is 1.20 bits per heavy atom. The fraction of sp³-hybridized carbons (Fsp3) is 0.600. The van der Waals surface area contributed by atoms with Crippen LogP contribution in [-0.4, -0.2) is 0 Å². The Labute approximate surface area is 63.6 Å². The molecule has 0 aliphatic heterocycles. The maximum absolute atomic E-state index is 2.30. The van der Waals surface area contributed by atoms with E-state index in [0.717, 1.165) is 0 Å². The Kier molecular flexibility index (Phi) is 1.98. The average Bonchev–Trinajstić information content (AvgIpc) is 1.93. The monoisotopic (exact) mass is 136 g/mol. The van der Waals surface area contributed by atoms with Gasteiger partial charge in [-0.05, 0) is 25.7 Å². The van der Waals surface area contributed by atoms with Gasteiger partial charge in [-0.2, -0.15) is 0 Å². The molecule has 0 spiro atoms. The van der Waals surface area contributed by atoms with Crippen molar-refractivity contribution in [2.75, 3.05) is 0 Å². The molecule has 0 aromatic heterocycles. The largest absolute Gasteiger partial charge is 0.0810 e. The van der Waals surface area contributed by atoms with Gasteiger partial charge >= 0.3 is 0 Å².